The molecule has 3 heteroatoms. The molecular weight excluding hydrogens is 306 g/mol. The summed E-state index contributed by atoms with van der Waals surface area (Å²) in [5, 5.41) is 6.76. The highest BCUT2D eigenvalue weighted by Gasteiger charge is 2.26. The van der Waals surface area contributed by atoms with Gasteiger partial charge in [-0.25, -0.2) is 0 Å². The molecule has 0 spiro atoms. The van der Waals surface area contributed by atoms with E-state index in [-0.39, 0.29) is 6.04 Å². The highest BCUT2D eigenvalue weighted by Crippen LogP contribution is 2.28. The van der Waals surface area contributed by atoms with Crippen LogP contribution in [0.2, 0.25) is 0 Å². The number of hydrogen-bond donors (Lipinski definition) is 0. The molecule has 1 unspecified atom stereocenters. The average Bonchev–Trinajstić information content (AvgIpc) is 2.70. The first-order valence-electron chi connectivity index (χ1n) is 8.39. The topological polar surface area (TPSA) is 28.0 Å². The SMILES string of the molecule is CN1N=C(c2ccccc2)C(c2ccccc2)N=C1c1ccccc1. The van der Waals surface area contributed by atoms with Crippen LogP contribution in [0.3, 0.4) is 0 Å². The molecule has 0 amide bonds. The molecule has 1 aliphatic rings. The molecule has 3 aromatic rings. The zero-order chi connectivity index (χ0) is 17.1. The van der Waals surface area contributed by atoms with Gasteiger partial charge < -0.3 is 0 Å². The van der Waals surface area contributed by atoms with Gasteiger partial charge in [0.15, 0.2) is 5.84 Å². The van der Waals surface area contributed by atoms with Gasteiger partial charge in [-0.3, -0.25) is 10.0 Å². The van der Waals surface area contributed by atoms with Gasteiger partial charge in [0.2, 0.25) is 0 Å². The number of hydrogen-bond acceptors (Lipinski definition) is 3. The lowest BCUT2D eigenvalue weighted by Crippen LogP contribution is -2.32. The van der Waals surface area contributed by atoms with Gasteiger partial charge in [-0.1, -0.05) is 91.0 Å². The van der Waals surface area contributed by atoms with Gasteiger partial charge in [-0.2, -0.15) is 5.10 Å². The van der Waals surface area contributed by atoms with Crippen molar-refractivity contribution in [3.63, 3.8) is 0 Å². The van der Waals surface area contributed by atoms with Crippen LogP contribution in [0.1, 0.15) is 22.7 Å². The molecule has 3 nitrogen and oxygen atoms in total. The predicted octanol–water partition coefficient (Wildman–Crippen LogP) is 4.52. The number of hydrazone groups is 1. The van der Waals surface area contributed by atoms with Crippen LogP contribution in [0, 0.1) is 0 Å². The summed E-state index contributed by atoms with van der Waals surface area (Å²) in [7, 11) is 1.95. The van der Waals surface area contributed by atoms with Gasteiger partial charge >= 0.3 is 0 Å². The number of benzene rings is 3. The maximum Gasteiger partial charge on any atom is 0.152 e. The van der Waals surface area contributed by atoms with Crippen molar-refractivity contribution in [2.75, 3.05) is 7.05 Å². The standard InChI is InChI=1S/C22H19N3/c1-25-22(19-15-9-4-10-16-19)23-20(17-11-5-2-6-12-17)21(24-25)18-13-7-3-8-14-18/h2-16,20H,1H3. The summed E-state index contributed by atoms with van der Waals surface area (Å²) in [6, 6.07) is 30.7. The van der Waals surface area contributed by atoms with Crippen LogP contribution < -0.4 is 0 Å². The number of aliphatic imine (C=N–C) groups is 1. The van der Waals surface area contributed by atoms with E-state index in [0.29, 0.717) is 0 Å². The van der Waals surface area contributed by atoms with Crippen LogP contribution in [0.15, 0.2) is 101 Å². The summed E-state index contributed by atoms with van der Waals surface area (Å²) in [5.41, 5.74) is 4.28. The van der Waals surface area contributed by atoms with Crippen LogP contribution in [0.25, 0.3) is 0 Å². The van der Waals surface area contributed by atoms with E-state index in [4.69, 9.17) is 10.1 Å². The Morgan fingerprint density at radius 3 is 1.80 bits per heavy atom. The van der Waals surface area contributed by atoms with Crippen molar-refractivity contribution in [2.45, 2.75) is 6.04 Å². The van der Waals surface area contributed by atoms with Crippen LogP contribution in [-0.4, -0.2) is 23.6 Å². The minimum absolute atomic E-state index is 0.116. The third-order valence-corrected chi connectivity index (χ3v) is 4.29. The molecule has 0 saturated heterocycles. The summed E-state index contributed by atoms with van der Waals surface area (Å²) < 4.78 is 0. The zero-order valence-corrected chi connectivity index (χ0v) is 14.1. The molecule has 25 heavy (non-hydrogen) atoms. The zero-order valence-electron chi connectivity index (χ0n) is 14.1. The maximum absolute atomic E-state index is 5.07. The van der Waals surface area contributed by atoms with E-state index in [2.05, 4.69) is 36.4 Å². The van der Waals surface area contributed by atoms with Crippen molar-refractivity contribution in [1.29, 1.82) is 0 Å². The normalized spacial score (nSPS) is 17.0. The number of nitrogens with zero attached hydrogens (tertiary/aromatic N) is 3. The van der Waals surface area contributed by atoms with Crippen molar-refractivity contribution >= 4 is 11.5 Å². The first-order chi connectivity index (χ1) is 12.3. The highest BCUT2D eigenvalue weighted by molar-refractivity contribution is 6.10. The fourth-order valence-electron chi connectivity index (χ4n) is 3.07. The lowest BCUT2D eigenvalue weighted by Gasteiger charge is -2.28. The summed E-state index contributed by atoms with van der Waals surface area (Å²) in [6.07, 6.45) is 0. The first kappa shape index (κ1) is 15.3. The Labute approximate surface area is 148 Å². The Bertz CT molecular complexity index is 900. The van der Waals surface area contributed by atoms with Gasteiger partial charge in [0.05, 0.1) is 5.71 Å². The average molecular weight is 325 g/mol. The molecule has 0 saturated carbocycles. The van der Waals surface area contributed by atoms with Crippen molar-refractivity contribution < 1.29 is 0 Å². The summed E-state index contributed by atoms with van der Waals surface area (Å²) in [6.45, 7) is 0. The fourth-order valence-corrected chi connectivity index (χ4v) is 3.07. The van der Waals surface area contributed by atoms with Crippen LogP contribution in [-0.2, 0) is 0 Å². The predicted molar refractivity (Wildman–Crippen MR) is 103 cm³/mol. The Morgan fingerprint density at radius 2 is 1.20 bits per heavy atom. The third-order valence-electron chi connectivity index (χ3n) is 4.29. The van der Waals surface area contributed by atoms with E-state index < -0.39 is 0 Å². The van der Waals surface area contributed by atoms with Gasteiger partial charge in [0.25, 0.3) is 0 Å². The summed E-state index contributed by atoms with van der Waals surface area (Å²) in [4.78, 5) is 5.07. The van der Waals surface area contributed by atoms with E-state index in [1.54, 1.807) is 0 Å². The van der Waals surface area contributed by atoms with Crippen LogP contribution >= 0.6 is 0 Å². The van der Waals surface area contributed by atoms with Gasteiger partial charge in [-0.15, -0.1) is 0 Å². The Hall–Kier alpha value is -3.20. The second-order valence-electron chi connectivity index (χ2n) is 6.01. The monoisotopic (exact) mass is 325 g/mol. The van der Waals surface area contributed by atoms with E-state index >= 15 is 0 Å². The van der Waals surface area contributed by atoms with Gasteiger partial charge in [-0.05, 0) is 5.56 Å². The summed E-state index contributed by atoms with van der Waals surface area (Å²) in [5.74, 6) is 0.883. The molecule has 1 heterocycles. The lowest BCUT2D eigenvalue weighted by molar-refractivity contribution is 0.523. The molecule has 1 aliphatic heterocycles. The number of rotatable bonds is 3. The minimum atomic E-state index is -0.116. The third kappa shape index (κ3) is 3.09. The molecule has 0 aromatic heterocycles. The fraction of sp³-hybridized carbons (Fsp3) is 0.0909. The van der Waals surface area contributed by atoms with Crippen LogP contribution in [0.5, 0.6) is 0 Å². The van der Waals surface area contributed by atoms with E-state index in [1.165, 1.54) is 0 Å². The molecule has 4 rings (SSSR count). The molecule has 0 N–H and O–H groups in total. The largest absolute Gasteiger partial charge is 0.252 e. The summed E-state index contributed by atoms with van der Waals surface area (Å²) >= 11 is 0. The van der Waals surface area contributed by atoms with Gasteiger partial charge in [0, 0.05) is 18.2 Å². The van der Waals surface area contributed by atoms with Crippen molar-refractivity contribution in [3.8, 4) is 0 Å². The molecule has 0 radical (unpaired) electrons. The second kappa shape index (κ2) is 6.73. The Kier molecular flexibility index (Phi) is 4.13. The van der Waals surface area contributed by atoms with E-state index in [1.807, 2.05) is 66.7 Å². The van der Waals surface area contributed by atoms with E-state index in [9.17, 15) is 0 Å². The second-order valence-corrected chi connectivity index (χ2v) is 6.01. The van der Waals surface area contributed by atoms with Crippen LogP contribution in [0.4, 0.5) is 0 Å². The van der Waals surface area contributed by atoms with E-state index in [0.717, 1.165) is 28.2 Å². The Morgan fingerprint density at radius 1 is 0.680 bits per heavy atom. The quantitative estimate of drug-likeness (QED) is 0.695. The molecular formula is C22H19N3. The van der Waals surface area contributed by atoms with Crippen molar-refractivity contribution in [2.24, 2.45) is 10.1 Å². The molecule has 0 fully saturated rings. The minimum Gasteiger partial charge on any atom is -0.252 e. The molecule has 1 atom stereocenters. The molecule has 122 valence electrons. The van der Waals surface area contributed by atoms with Crippen molar-refractivity contribution in [3.05, 3.63) is 108 Å². The number of amidine groups is 1. The molecule has 0 bridgehead atoms. The molecule has 3 aromatic carbocycles. The Balaban J connectivity index is 1.83. The smallest absolute Gasteiger partial charge is 0.152 e. The maximum atomic E-state index is 5.07. The lowest BCUT2D eigenvalue weighted by atomic mass is 9.96. The van der Waals surface area contributed by atoms with Gasteiger partial charge in [0.1, 0.15) is 6.04 Å². The molecule has 0 aliphatic carbocycles. The highest BCUT2D eigenvalue weighted by atomic mass is 15.5. The van der Waals surface area contributed by atoms with Crippen molar-refractivity contribution in [1.82, 2.24) is 5.01 Å². The first-order valence-corrected chi connectivity index (χ1v) is 8.39.